The van der Waals surface area contributed by atoms with Crippen LogP contribution in [0.25, 0.3) is 0 Å². The minimum Gasteiger partial charge on any atom is -0.381 e. The van der Waals surface area contributed by atoms with Crippen LogP contribution in [0.15, 0.2) is 29.3 Å². The second kappa shape index (κ2) is 15.4. The molecule has 3 rings (SSSR count). The Bertz CT molecular complexity index is 706. The minimum absolute atomic E-state index is 0. The van der Waals surface area contributed by atoms with Crippen LogP contribution in [0.2, 0.25) is 0 Å². The SMILES string of the molecule is CCNC(=NCc1cccc(NC(=O)C2CCC2)c1)NCCCOCC1CCOCC1.I. The van der Waals surface area contributed by atoms with Gasteiger partial charge >= 0.3 is 0 Å². The molecule has 1 aromatic carbocycles. The van der Waals surface area contributed by atoms with Crippen LogP contribution in [-0.2, 0) is 20.8 Å². The van der Waals surface area contributed by atoms with Gasteiger partial charge in [-0.05, 0) is 62.6 Å². The van der Waals surface area contributed by atoms with Crippen LogP contribution in [-0.4, -0.2) is 51.4 Å². The topological polar surface area (TPSA) is 84.0 Å². The molecule has 2 aliphatic rings. The van der Waals surface area contributed by atoms with Crippen molar-refractivity contribution >= 4 is 41.5 Å². The fourth-order valence-corrected chi connectivity index (χ4v) is 3.72. The van der Waals surface area contributed by atoms with Gasteiger partial charge in [0, 0.05) is 51.1 Å². The monoisotopic (exact) mass is 558 g/mol. The maximum absolute atomic E-state index is 12.2. The molecule has 1 heterocycles. The number of guanidine groups is 1. The number of carbonyl (C=O) groups is 1. The van der Waals surface area contributed by atoms with Gasteiger partial charge in [0.2, 0.25) is 5.91 Å². The summed E-state index contributed by atoms with van der Waals surface area (Å²) in [6.45, 7) is 7.58. The Morgan fingerprint density at radius 3 is 2.72 bits per heavy atom. The second-order valence-electron chi connectivity index (χ2n) is 8.42. The number of aliphatic imine (C=N–C) groups is 1. The predicted octanol–water partition coefficient (Wildman–Crippen LogP) is 3.93. The van der Waals surface area contributed by atoms with E-state index in [-0.39, 0.29) is 35.8 Å². The summed E-state index contributed by atoms with van der Waals surface area (Å²) in [5.74, 6) is 1.78. The lowest BCUT2D eigenvalue weighted by atomic mass is 9.85. The lowest BCUT2D eigenvalue weighted by molar-refractivity contribution is -0.122. The van der Waals surface area contributed by atoms with Crippen molar-refractivity contribution < 1.29 is 14.3 Å². The first-order valence-corrected chi connectivity index (χ1v) is 11.8. The molecule has 0 bridgehead atoms. The zero-order valence-corrected chi connectivity index (χ0v) is 21.6. The largest absolute Gasteiger partial charge is 0.381 e. The Morgan fingerprint density at radius 2 is 2.00 bits per heavy atom. The quantitative estimate of drug-likeness (QED) is 0.166. The zero-order valence-electron chi connectivity index (χ0n) is 19.2. The van der Waals surface area contributed by atoms with Crippen molar-refractivity contribution in [2.75, 3.05) is 44.8 Å². The maximum Gasteiger partial charge on any atom is 0.227 e. The van der Waals surface area contributed by atoms with Crippen LogP contribution >= 0.6 is 24.0 Å². The van der Waals surface area contributed by atoms with E-state index in [0.717, 1.165) is 95.3 Å². The molecule has 1 aliphatic heterocycles. The third kappa shape index (κ3) is 9.62. The van der Waals surface area contributed by atoms with Gasteiger partial charge in [0.15, 0.2) is 5.96 Å². The minimum atomic E-state index is 0. The summed E-state index contributed by atoms with van der Waals surface area (Å²) in [5, 5.41) is 9.70. The van der Waals surface area contributed by atoms with Gasteiger partial charge in [-0.3, -0.25) is 4.79 Å². The number of hydrogen-bond acceptors (Lipinski definition) is 4. The molecule has 1 amide bonds. The molecule has 1 aromatic rings. The van der Waals surface area contributed by atoms with Crippen molar-refractivity contribution in [1.29, 1.82) is 0 Å². The molecule has 8 heteroatoms. The first-order chi connectivity index (χ1) is 15.2. The molecule has 1 aliphatic carbocycles. The average molecular weight is 559 g/mol. The summed E-state index contributed by atoms with van der Waals surface area (Å²) in [6.07, 6.45) is 6.34. The number of amides is 1. The number of nitrogens with zero attached hydrogens (tertiary/aromatic N) is 1. The van der Waals surface area contributed by atoms with Gasteiger partial charge in [0.25, 0.3) is 0 Å². The Morgan fingerprint density at radius 1 is 1.19 bits per heavy atom. The summed E-state index contributed by atoms with van der Waals surface area (Å²) in [6, 6.07) is 7.95. The Hall–Kier alpha value is -1.39. The van der Waals surface area contributed by atoms with E-state index in [9.17, 15) is 4.79 Å². The predicted molar refractivity (Wildman–Crippen MR) is 140 cm³/mol. The van der Waals surface area contributed by atoms with E-state index in [4.69, 9.17) is 9.47 Å². The van der Waals surface area contributed by atoms with E-state index < -0.39 is 0 Å². The van der Waals surface area contributed by atoms with Crippen molar-refractivity contribution in [1.82, 2.24) is 10.6 Å². The molecule has 7 nitrogen and oxygen atoms in total. The highest BCUT2D eigenvalue weighted by molar-refractivity contribution is 14.0. The highest BCUT2D eigenvalue weighted by Crippen LogP contribution is 2.27. The molecule has 0 aromatic heterocycles. The number of hydrogen-bond donors (Lipinski definition) is 3. The standard InChI is InChI=1S/C24H38N4O3.HI/c1-2-25-24(26-12-5-13-31-18-19-10-14-30-15-11-19)27-17-20-6-3-9-22(16-20)28-23(29)21-7-4-8-21;/h3,6,9,16,19,21H,2,4-5,7-8,10-15,17-18H2,1H3,(H,28,29)(H2,25,26,27);1H. The maximum atomic E-state index is 12.2. The van der Waals surface area contributed by atoms with Gasteiger partial charge in [-0.25, -0.2) is 4.99 Å². The molecule has 32 heavy (non-hydrogen) atoms. The summed E-state index contributed by atoms with van der Waals surface area (Å²) < 4.78 is 11.2. The molecule has 1 saturated carbocycles. The summed E-state index contributed by atoms with van der Waals surface area (Å²) in [4.78, 5) is 16.9. The lowest BCUT2D eigenvalue weighted by Gasteiger charge is -2.24. The van der Waals surface area contributed by atoms with Crippen LogP contribution in [0.5, 0.6) is 0 Å². The molecule has 3 N–H and O–H groups in total. The smallest absolute Gasteiger partial charge is 0.227 e. The van der Waals surface area contributed by atoms with Crippen LogP contribution in [0, 0.1) is 11.8 Å². The molecular formula is C24H39IN4O3. The fraction of sp³-hybridized carbons (Fsp3) is 0.667. The summed E-state index contributed by atoms with van der Waals surface area (Å²) in [5.41, 5.74) is 1.92. The highest BCUT2D eigenvalue weighted by Gasteiger charge is 2.25. The third-order valence-electron chi connectivity index (χ3n) is 5.89. The van der Waals surface area contributed by atoms with E-state index >= 15 is 0 Å². The van der Waals surface area contributed by atoms with Crippen LogP contribution in [0.1, 0.15) is 51.0 Å². The number of halogens is 1. The van der Waals surface area contributed by atoms with Crippen LogP contribution in [0.4, 0.5) is 5.69 Å². The van der Waals surface area contributed by atoms with Gasteiger partial charge in [0.1, 0.15) is 0 Å². The Labute approximate surface area is 209 Å². The Balaban J connectivity index is 0.00000363. The Kier molecular flexibility index (Phi) is 13.0. The van der Waals surface area contributed by atoms with Gasteiger partial charge in [-0.2, -0.15) is 0 Å². The molecule has 0 atom stereocenters. The zero-order chi connectivity index (χ0) is 21.7. The lowest BCUT2D eigenvalue weighted by Crippen LogP contribution is -2.38. The van der Waals surface area contributed by atoms with Crippen molar-refractivity contribution in [3.8, 4) is 0 Å². The van der Waals surface area contributed by atoms with Crippen molar-refractivity contribution in [3.05, 3.63) is 29.8 Å². The van der Waals surface area contributed by atoms with Crippen molar-refractivity contribution in [3.63, 3.8) is 0 Å². The van der Waals surface area contributed by atoms with Gasteiger partial charge < -0.3 is 25.4 Å². The van der Waals surface area contributed by atoms with E-state index in [1.54, 1.807) is 0 Å². The molecule has 0 radical (unpaired) electrons. The first-order valence-electron chi connectivity index (χ1n) is 11.8. The van der Waals surface area contributed by atoms with E-state index in [2.05, 4.69) is 27.9 Å². The van der Waals surface area contributed by atoms with Gasteiger partial charge in [-0.15, -0.1) is 24.0 Å². The van der Waals surface area contributed by atoms with Gasteiger partial charge in [-0.1, -0.05) is 18.6 Å². The average Bonchev–Trinajstić information content (AvgIpc) is 2.74. The molecule has 180 valence electrons. The molecule has 1 saturated heterocycles. The number of ether oxygens (including phenoxy) is 2. The number of benzene rings is 1. The van der Waals surface area contributed by atoms with Gasteiger partial charge in [0.05, 0.1) is 6.54 Å². The van der Waals surface area contributed by atoms with Crippen molar-refractivity contribution in [2.45, 2.75) is 52.0 Å². The van der Waals surface area contributed by atoms with E-state index in [1.165, 1.54) is 0 Å². The van der Waals surface area contributed by atoms with Crippen molar-refractivity contribution in [2.24, 2.45) is 16.8 Å². The summed E-state index contributed by atoms with van der Waals surface area (Å²) >= 11 is 0. The normalized spacial score (nSPS) is 17.2. The molecule has 0 spiro atoms. The molecular weight excluding hydrogens is 519 g/mol. The van der Waals surface area contributed by atoms with E-state index in [0.29, 0.717) is 12.5 Å². The number of rotatable bonds is 11. The molecule has 2 fully saturated rings. The first kappa shape index (κ1) is 26.9. The fourth-order valence-electron chi connectivity index (χ4n) is 3.72. The number of nitrogens with one attached hydrogen (secondary N) is 3. The summed E-state index contributed by atoms with van der Waals surface area (Å²) in [7, 11) is 0. The van der Waals surface area contributed by atoms with Crippen LogP contribution in [0.3, 0.4) is 0 Å². The molecule has 0 unspecified atom stereocenters. The highest BCUT2D eigenvalue weighted by atomic mass is 127. The second-order valence-corrected chi connectivity index (χ2v) is 8.42. The third-order valence-corrected chi connectivity index (χ3v) is 5.89. The van der Waals surface area contributed by atoms with Crippen LogP contribution < -0.4 is 16.0 Å². The number of anilines is 1. The number of carbonyl (C=O) groups excluding carboxylic acids is 1. The van der Waals surface area contributed by atoms with E-state index in [1.807, 2.05) is 24.3 Å².